The van der Waals surface area contributed by atoms with Crippen molar-refractivity contribution in [2.75, 3.05) is 13.2 Å². The predicted octanol–water partition coefficient (Wildman–Crippen LogP) is 3.55. The first-order valence-electron chi connectivity index (χ1n) is 13.4. The van der Waals surface area contributed by atoms with Gasteiger partial charge in [0.2, 0.25) is 0 Å². The highest BCUT2D eigenvalue weighted by molar-refractivity contribution is 6.04. The molecule has 0 spiro atoms. The molecule has 0 saturated carbocycles. The number of ether oxygens (including phenoxy) is 1. The van der Waals surface area contributed by atoms with Crippen molar-refractivity contribution in [3.8, 4) is 17.1 Å². The normalized spacial score (nSPS) is 11.3. The van der Waals surface area contributed by atoms with E-state index in [4.69, 9.17) is 16.3 Å². The number of carboxylic acid groups (broad SMARTS) is 1. The number of amidine groups is 1. The Bertz CT molecular complexity index is 1650. The van der Waals surface area contributed by atoms with E-state index < -0.39 is 17.0 Å². The smallest absolute Gasteiger partial charge is 0.337 e. The fraction of sp³-hybridized carbons (Fsp3) is 0.241. The first kappa shape index (κ1) is 30.5. The van der Waals surface area contributed by atoms with Crippen LogP contribution in [0.15, 0.2) is 71.8 Å². The maximum Gasteiger partial charge on any atom is 0.337 e. The summed E-state index contributed by atoms with van der Waals surface area (Å²) in [6, 6.07) is 20.1. The lowest BCUT2D eigenvalue weighted by Crippen LogP contribution is -2.35. The van der Waals surface area contributed by atoms with Gasteiger partial charge >= 0.3 is 5.97 Å². The standard InChI is InChI=1S/C29H31N7O7/c1-2-42-29-32-24-11-7-10-23(28(38)39)26(24)34(29)18-19-13-15-20(16-14-19)21-8-3-4-9-22(21)27(30)33-35(31)25(37)12-5-6-17-43-36(40)41/h3-4,7-11,13-16H,2,5-6,12,17-18,31H2,1H3,(H2,30,33)(H,38,39). The summed E-state index contributed by atoms with van der Waals surface area (Å²) in [5.74, 6) is 4.28. The minimum atomic E-state index is -1.05. The number of fused-ring (bicyclic) bond motifs is 1. The third-order valence-corrected chi connectivity index (χ3v) is 6.50. The van der Waals surface area contributed by atoms with Crippen molar-refractivity contribution < 1.29 is 29.4 Å². The Balaban J connectivity index is 1.53. The second kappa shape index (κ2) is 13.9. The molecule has 0 aliphatic rings. The number of carbonyl (C=O) groups excluding carboxylic acids is 1. The molecule has 0 saturated heterocycles. The molecule has 4 aromatic rings. The van der Waals surface area contributed by atoms with E-state index >= 15 is 0 Å². The van der Waals surface area contributed by atoms with Crippen molar-refractivity contribution >= 4 is 28.7 Å². The molecular weight excluding hydrogens is 558 g/mol. The fourth-order valence-corrected chi connectivity index (χ4v) is 4.51. The van der Waals surface area contributed by atoms with Gasteiger partial charge < -0.3 is 20.4 Å². The summed E-state index contributed by atoms with van der Waals surface area (Å²) in [5.41, 5.74) is 10.4. The second-order valence-corrected chi connectivity index (χ2v) is 9.37. The molecule has 14 heteroatoms. The number of unbranched alkanes of at least 4 members (excludes halogenated alkanes) is 1. The van der Waals surface area contributed by atoms with Crippen molar-refractivity contribution in [3.05, 3.63) is 93.5 Å². The number of para-hydroxylation sites is 1. The van der Waals surface area contributed by atoms with E-state index in [1.807, 2.05) is 43.3 Å². The molecule has 0 radical (unpaired) electrons. The van der Waals surface area contributed by atoms with Gasteiger partial charge in [0.15, 0.2) is 5.84 Å². The van der Waals surface area contributed by atoms with Crippen LogP contribution in [0.1, 0.15) is 47.7 Å². The van der Waals surface area contributed by atoms with E-state index in [1.165, 1.54) is 6.07 Å². The van der Waals surface area contributed by atoms with Gasteiger partial charge in [-0.2, -0.15) is 10.1 Å². The van der Waals surface area contributed by atoms with Crippen LogP contribution >= 0.6 is 0 Å². The molecule has 0 unspecified atom stereocenters. The molecule has 0 atom stereocenters. The van der Waals surface area contributed by atoms with Gasteiger partial charge in [-0.3, -0.25) is 9.36 Å². The van der Waals surface area contributed by atoms with E-state index in [0.29, 0.717) is 53.7 Å². The second-order valence-electron chi connectivity index (χ2n) is 9.37. The fourth-order valence-electron chi connectivity index (χ4n) is 4.51. The molecule has 1 aromatic heterocycles. The van der Waals surface area contributed by atoms with E-state index in [-0.39, 0.29) is 24.4 Å². The molecule has 5 N–H and O–H groups in total. The molecule has 1 heterocycles. The van der Waals surface area contributed by atoms with Crippen LogP contribution in [0.4, 0.5) is 0 Å². The van der Waals surface area contributed by atoms with E-state index in [0.717, 1.165) is 16.7 Å². The largest absolute Gasteiger partial charge is 0.478 e. The van der Waals surface area contributed by atoms with Crippen LogP contribution in [-0.2, 0) is 16.2 Å². The minimum absolute atomic E-state index is 0.0165. The molecule has 4 rings (SSSR count). The quantitative estimate of drug-likeness (QED) is 0.0371. The lowest BCUT2D eigenvalue weighted by Gasteiger charge is -2.14. The molecular formula is C29H31N7O7. The third-order valence-electron chi connectivity index (χ3n) is 6.50. The predicted molar refractivity (Wildman–Crippen MR) is 157 cm³/mol. The van der Waals surface area contributed by atoms with Crippen LogP contribution in [-0.4, -0.2) is 55.8 Å². The maximum atomic E-state index is 12.4. The number of rotatable bonds is 14. The molecule has 0 aliphatic heterocycles. The van der Waals surface area contributed by atoms with Crippen molar-refractivity contribution in [3.63, 3.8) is 0 Å². The number of hydrogen-bond acceptors (Lipinski definition) is 9. The number of nitrogens with zero attached hydrogens (tertiary/aromatic N) is 5. The van der Waals surface area contributed by atoms with Crippen LogP contribution in [0, 0.1) is 10.1 Å². The lowest BCUT2D eigenvalue weighted by molar-refractivity contribution is -0.757. The Hall–Kier alpha value is -5.50. The van der Waals surface area contributed by atoms with Crippen LogP contribution in [0.3, 0.4) is 0 Å². The summed E-state index contributed by atoms with van der Waals surface area (Å²) < 4.78 is 7.47. The first-order valence-corrected chi connectivity index (χ1v) is 13.4. The highest BCUT2D eigenvalue weighted by atomic mass is 16.9. The monoisotopic (exact) mass is 589 g/mol. The molecule has 0 bridgehead atoms. The summed E-state index contributed by atoms with van der Waals surface area (Å²) in [6.45, 7) is 2.42. The third kappa shape index (κ3) is 7.42. The summed E-state index contributed by atoms with van der Waals surface area (Å²) in [5, 5.41) is 23.8. The average Bonchev–Trinajstić information content (AvgIpc) is 3.33. The zero-order valence-electron chi connectivity index (χ0n) is 23.4. The number of hydrazine groups is 1. The van der Waals surface area contributed by atoms with Gasteiger partial charge in [0.25, 0.3) is 17.0 Å². The Morgan fingerprint density at radius 3 is 2.49 bits per heavy atom. The van der Waals surface area contributed by atoms with Crippen molar-refractivity contribution in [2.24, 2.45) is 16.7 Å². The zero-order chi connectivity index (χ0) is 30.9. The number of carboxylic acids is 1. The number of imidazole rings is 1. The molecule has 14 nitrogen and oxygen atoms in total. The van der Waals surface area contributed by atoms with Crippen molar-refractivity contribution in [2.45, 2.75) is 32.7 Å². The average molecular weight is 590 g/mol. The summed E-state index contributed by atoms with van der Waals surface area (Å²) in [4.78, 5) is 43.2. The molecule has 224 valence electrons. The lowest BCUT2D eigenvalue weighted by atomic mass is 9.98. The first-order chi connectivity index (χ1) is 20.7. The zero-order valence-corrected chi connectivity index (χ0v) is 23.4. The Kier molecular flexibility index (Phi) is 9.85. The summed E-state index contributed by atoms with van der Waals surface area (Å²) in [6.07, 6.45) is 0.656. The molecule has 0 fully saturated rings. The Morgan fingerprint density at radius 1 is 1.07 bits per heavy atom. The van der Waals surface area contributed by atoms with Crippen molar-refractivity contribution in [1.82, 2.24) is 14.7 Å². The van der Waals surface area contributed by atoms with Crippen LogP contribution in [0.25, 0.3) is 22.2 Å². The van der Waals surface area contributed by atoms with Crippen LogP contribution in [0.5, 0.6) is 6.01 Å². The molecule has 3 aromatic carbocycles. The summed E-state index contributed by atoms with van der Waals surface area (Å²) >= 11 is 0. The van der Waals surface area contributed by atoms with E-state index in [1.54, 1.807) is 28.8 Å². The molecule has 1 amide bonds. The van der Waals surface area contributed by atoms with Crippen LogP contribution in [0.2, 0.25) is 0 Å². The number of benzene rings is 3. The number of aromatic carboxylic acids is 1. The molecule has 43 heavy (non-hydrogen) atoms. The number of carbonyl (C=O) groups is 2. The van der Waals surface area contributed by atoms with Gasteiger partial charge in [-0.25, -0.2) is 10.6 Å². The Morgan fingerprint density at radius 2 is 1.79 bits per heavy atom. The SMILES string of the molecule is CCOc1nc2cccc(C(=O)O)c2n1Cc1ccc(-c2ccccc2/C(N)=N/N(N)C(=O)CCCCO[N+](=O)[O-])cc1. The minimum Gasteiger partial charge on any atom is -0.478 e. The number of hydrogen-bond donors (Lipinski definition) is 3. The number of amides is 1. The van der Waals surface area contributed by atoms with Gasteiger partial charge in [0.1, 0.15) is 0 Å². The van der Waals surface area contributed by atoms with Gasteiger partial charge in [-0.05, 0) is 48.6 Å². The number of aromatic nitrogens is 2. The van der Waals surface area contributed by atoms with Gasteiger partial charge in [-0.1, -0.05) is 54.6 Å². The van der Waals surface area contributed by atoms with Crippen molar-refractivity contribution in [1.29, 1.82) is 0 Å². The Labute approximate surface area is 246 Å². The van der Waals surface area contributed by atoms with Gasteiger partial charge in [-0.15, -0.1) is 15.2 Å². The topological polar surface area (TPSA) is 201 Å². The van der Waals surface area contributed by atoms with Crippen LogP contribution < -0.4 is 16.3 Å². The maximum absolute atomic E-state index is 12.4. The summed E-state index contributed by atoms with van der Waals surface area (Å²) in [7, 11) is 0. The molecule has 0 aliphatic carbocycles. The van der Waals surface area contributed by atoms with E-state index in [2.05, 4.69) is 14.9 Å². The van der Waals surface area contributed by atoms with E-state index in [9.17, 15) is 24.8 Å². The highest BCUT2D eigenvalue weighted by Crippen LogP contribution is 2.28. The number of nitrogens with two attached hydrogens (primary N) is 2. The van der Waals surface area contributed by atoms with Gasteiger partial charge in [0.05, 0.1) is 36.4 Å². The highest BCUT2D eigenvalue weighted by Gasteiger charge is 2.19. The van der Waals surface area contributed by atoms with Gasteiger partial charge in [0, 0.05) is 12.0 Å². The number of hydrazone groups is 1.